The molecule has 0 saturated heterocycles. The number of nitrogens with one attached hydrogen (secondary N) is 1. The number of halogens is 1. The van der Waals surface area contributed by atoms with Gasteiger partial charge in [-0.1, -0.05) is 18.2 Å². The third-order valence-electron chi connectivity index (χ3n) is 4.35. The summed E-state index contributed by atoms with van der Waals surface area (Å²) >= 11 is 1.69. The average Bonchev–Trinajstić information content (AvgIpc) is 3.39. The van der Waals surface area contributed by atoms with Crippen LogP contribution in [-0.2, 0) is 19.7 Å². The molecule has 5 nitrogen and oxygen atoms in total. The fourth-order valence-electron chi connectivity index (χ4n) is 3.00. The van der Waals surface area contributed by atoms with Crippen molar-refractivity contribution in [3.05, 3.63) is 69.9 Å². The third kappa shape index (κ3) is 5.56. The van der Waals surface area contributed by atoms with Crippen molar-refractivity contribution < 1.29 is 18.9 Å². The van der Waals surface area contributed by atoms with Crippen LogP contribution in [0.25, 0.3) is 0 Å². The summed E-state index contributed by atoms with van der Waals surface area (Å²) in [6, 6.07) is 16.2. The van der Waals surface area contributed by atoms with Crippen LogP contribution in [0, 0.1) is 0 Å². The van der Waals surface area contributed by atoms with Crippen molar-refractivity contribution in [3.63, 3.8) is 0 Å². The van der Waals surface area contributed by atoms with E-state index in [0.29, 0.717) is 20.0 Å². The van der Waals surface area contributed by atoms with Gasteiger partial charge in [-0.2, -0.15) is 0 Å². The lowest BCUT2D eigenvalue weighted by Gasteiger charge is -2.13. The summed E-state index contributed by atoms with van der Waals surface area (Å²) in [5.41, 5.74) is 2.30. The molecule has 29 heavy (non-hydrogen) atoms. The van der Waals surface area contributed by atoms with Crippen molar-refractivity contribution in [2.45, 2.75) is 26.6 Å². The van der Waals surface area contributed by atoms with Crippen molar-refractivity contribution in [3.8, 4) is 23.0 Å². The number of hydrogen-bond donors (Lipinski definition) is 1. The zero-order valence-electron chi connectivity index (χ0n) is 16.2. The predicted molar refractivity (Wildman–Crippen MR) is 117 cm³/mol. The van der Waals surface area contributed by atoms with Crippen LogP contribution in [0.15, 0.2) is 53.9 Å². The molecule has 0 fully saturated rings. The fraction of sp³-hybridized carbons (Fsp3) is 0.273. The van der Waals surface area contributed by atoms with Gasteiger partial charge in [0, 0.05) is 18.0 Å². The summed E-state index contributed by atoms with van der Waals surface area (Å²) in [5, 5.41) is 5.51. The van der Waals surface area contributed by atoms with Gasteiger partial charge in [0.2, 0.25) is 6.79 Å². The summed E-state index contributed by atoms with van der Waals surface area (Å²) in [6.07, 6.45) is 0. The molecule has 2 aromatic carbocycles. The maximum absolute atomic E-state index is 5.94. The molecule has 7 heteroatoms. The third-order valence-corrected chi connectivity index (χ3v) is 5.20. The maximum Gasteiger partial charge on any atom is 0.231 e. The molecule has 0 saturated carbocycles. The van der Waals surface area contributed by atoms with Crippen LogP contribution >= 0.6 is 23.7 Å². The Labute approximate surface area is 181 Å². The summed E-state index contributed by atoms with van der Waals surface area (Å²) in [4.78, 5) is 1.19. The molecule has 0 aliphatic carbocycles. The van der Waals surface area contributed by atoms with Gasteiger partial charge >= 0.3 is 0 Å². The molecule has 0 spiro atoms. The van der Waals surface area contributed by atoms with Gasteiger partial charge in [0.1, 0.15) is 6.61 Å². The minimum atomic E-state index is 0. The van der Waals surface area contributed by atoms with Gasteiger partial charge in [0.15, 0.2) is 23.0 Å². The smallest absolute Gasteiger partial charge is 0.231 e. The van der Waals surface area contributed by atoms with Gasteiger partial charge in [-0.05, 0) is 53.8 Å². The number of thiophene rings is 1. The van der Waals surface area contributed by atoms with Gasteiger partial charge in [-0.25, -0.2) is 0 Å². The van der Waals surface area contributed by atoms with E-state index in [1.165, 1.54) is 4.88 Å². The molecule has 0 unspecified atom stereocenters. The highest BCUT2D eigenvalue weighted by atomic mass is 35.5. The van der Waals surface area contributed by atoms with E-state index in [1.54, 1.807) is 11.3 Å². The van der Waals surface area contributed by atoms with Crippen molar-refractivity contribution in [2.75, 3.05) is 13.4 Å². The topological polar surface area (TPSA) is 49.0 Å². The van der Waals surface area contributed by atoms with Gasteiger partial charge < -0.3 is 24.3 Å². The minimum Gasteiger partial charge on any atom is -0.490 e. The van der Waals surface area contributed by atoms with Crippen LogP contribution in [0.1, 0.15) is 22.9 Å². The molecule has 0 radical (unpaired) electrons. The van der Waals surface area contributed by atoms with Crippen LogP contribution in [0.4, 0.5) is 0 Å². The molecular formula is C22H24ClNO4S. The number of hydrogen-bond acceptors (Lipinski definition) is 6. The second kappa shape index (κ2) is 10.4. The maximum atomic E-state index is 5.94. The average molecular weight is 434 g/mol. The van der Waals surface area contributed by atoms with Crippen LogP contribution in [0.5, 0.6) is 23.0 Å². The number of benzene rings is 2. The monoisotopic (exact) mass is 433 g/mol. The molecule has 1 aromatic heterocycles. The van der Waals surface area contributed by atoms with Crippen LogP contribution < -0.4 is 24.3 Å². The van der Waals surface area contributed by atoms with E-state index < -0.39 is 0 Å². The summed E-state index contributed by atoms with van der Waals surface area (Å²) in [7, 11) is 0. The van der Waals surface area contributed by atoms with E-state index in [2.05, 4.69) is 22.8 Å². The molecule has 1 aliphatic rings. The number of ether oxygens (including phenoxy) is 4. The molecule has 154 valence electrons. The Morgan fingerprint density at radius 2 is 1.72 bits per heavy atom. The largest absolute Gasteiger partial charge is 0.490 e. The molecule has 1 aliphatic heterocycles. The van der Waals surface area contributed by atoms with Crippen molar-refractivity contribution in [1.82, 2.24) is 5.32 Å². The molecule has 0 bridgehead atoms. The molecular weight excluding hydrogens is 410 g/mol. The van der Waals surface area contributed by atoms with Crippen LogP contribution in [-0.4, -0.2) is 13.4 Å². The Balaban J connectivity index is 0.00000240. The molecule has 2 heterocycles. The Hall–Kier alpha value is -2.41. The van der Waals surface area contributed by atoms with Gasteiger partial charge in [-0.15, -0.1) is 23.7 Å². The Kier molecular flexibility index (Phi) is 7.63. The zero-order chi connectivity index (χ0) is 19.2. The van der Waals surface area contributed by atoms with E-state index in [1.807, 2.05) is 43.3 Å². The lowest BCUT2D eigenvalue weighted by atomic mass is 10.1. The Morgan fingerprint density at radius 1 is 0.931 bits per heavy atom. The summed E-state index contributed by atoms with van der Waals surface area (Å²) < 4.78 is 22.5. The Morgan fingerprint density at radius 3 is 2.52 bits per heavy atom. The molecule has 0 amide bonds. The molecule has 3 aromatic rings. The number of rotatable bonds is 9. The van der Waals surface area contributed by atoms with E-state index in [-0.39, 0.29) is 12.4 Å². The van der Waals surface area contributed by atoms with Gasteiger partial charge in [0.05, 0.1) is 6.61 Å². The van der Waals surface area contributed by atoms with Crippen molar-refractivity contribution in [1.29, 1.82) is 0 Å². The molecule has 4 rings (SSSR count). The Bertz CT molecular complexity index is 917. The van der Waals surface area contributed by atoms with Gasteiger partial charge in [-0.3, -0.25) is 0 Å². The minimum absolute atomic E-state index is 0. The lowest BCUT2D eigenvalue weighted by molar-refractivity contribution is 0.174. The van der Waals surface area contributed by atoms with E-state index in [0.717, 1.165) is 47.2 Å². The summed E-state index contributed by atoms with van der Waals surface area (Å²) in [6.45, 7) is 4.92. The van der Waals surface area contributed by atoms with Crippen molar-refractivity contribution >= 4 is 23.7 Å². The first-order chi connectivity index (χ1) is 13.8. The van der Waals surface area contributed by atoms with Crippen LogP contribution in [0.3, 0.4) is 0 Å². The number of fused-ring (bicyclic) bond motifs is 1. The highest BCUT2D eigenvalue weighted by Gasteiger charge is 2.13. The fourth-order valence-corrected chi connectivity index (χ4v) is 3.61. The second-order valence-corrected chi connectivity index (χ2v) is 7.41. The van der Waals surface area contributed by atoms with E-state index in [4.69, 9.17) is 18.9 Å². The summed E-state index contributed by atoms with van der Waals surface area (Å²) in [5.74, 6) is 3.17. The van der Waals surface area contributed by atoms with E-state index in [9.17, 15) is 0 Å². The first-order valence-electron chi connectivity index (χ1n) is 9.32. The standard InChI is InChI=1S/C22H23NO4S.ClH/c1-2-24-21-10-16(5-7-19(21)25-14-18-4-3-9-28-18)12-23-13-17-6-8-20-22(11-17)27-15-26-20;/h3-11,23H,2,12-15H2,1H3;1H. The molecule has 1 N–H and O–H groups in total. The van der Waals surface area contributed by atoms with Gasteiger partial charge in [0.25, 0.3) is 0 Å². The van der Waals surface area contributed by atoms with Crippen LogP contribution in [0.2, 0.25) is 0 Å². The highest BCUT2D eigenvalue weighted by molar-refractivity contribution is 7.09. The lowest BCUT2D eigenvalue weighted by Crippen LogP contribution is -2.13. The predicted octanol–water partition coefficient (Wildman–Crippen LogP) is 5.17. The molecule has 0 atom stereocenters. The SMILES string of the molecule is CCOc1cc(CNCc2ccc3c(c2)OCO3)ccc1OCc1cccs1.Cl. The first-order valence-corrected chi connectivity index (χ1v) is 10.2. The quantitative estimate of drug-likeness (QED) is 0.504. The second-order valence-electron chi connectivity index (χ2n) is 6.37. The normalized spacial score (nSPS) is 11.8. The van der Waals surface area contributed by atoms with E-state index >= 15 is 0 Å². The highest BCUT2D eigenvalue weighted by Crippen LogP contribution is 2.32. The van der Waals surface area contributed by atoms with Crippen molar-refractivity contribution in [2.24, 2.45) is 0 Å². The first kappa shape index (κ1) is 21.3. The zero-order valence-corrected chi connectivity index (χ0v) is 17.8.